The Balaban J connectivity index is 2.72. The fourth-order valence-corrected chi connectivity index (χ4v) is 4.79. The number of carboxylic acids is 4. The minimum Gasteiger partial charge on any atom is -0.481 e. The van der Waals surface area contributed by atoms with Crippen LogP contribution in [0.5, 0.6) is 0 Å². The van der Waals surface area contributed by atoms with Crippen LogP contribution < -0.4 is 10.4 Å². The van der Waals surface area contributed by atoms with E-state index >= 15 is 0 Å². The fourth-order valence-electron chi connectivity index (χ4n) is 2.42. The third-order valence-electron chi connectivity index (χ3n) is 4.17. The van der Waals surface area contributed by atoms with Gasteiger partial charge in [-0.1, -0.05) is 0 Å². The number of amides is 1. The number of hydrogen-bond donors (Lipinski definition) is 6. The lowest BCUT2D eigenvalue weighted by atomic mass is 10.2. The lowest BCUT2D eigenvalue weighted by Gasteiger charge is -2.25. The Morgan fingerprint density at radius 3 is 1.93 bits per heavy atom. The summed E-state index contributed by atoms with van der Waals surface area (Å²) in [6.07, 6.45) is -0.434. The van der Waals surface area contributed by atoms with Crippen molar-refractivity contribution in [3.63, 3.8) is 0 Å². The molecule has 30 heavy (non-hydrogen) atoms. The molecule has 0 aliphatic heterocycles. The Hall–Kier alpha value is -2.50. The first-order valence-corrected chi connectivity index (χ1v) is 10.8. The molecule has 6 N–H and O–H groups in total. The SMILES string of the molecule is O=C(O)CCCC(=O)N[C@@H](COP(=O)(N[C@@H](CCC(=O)O)C(=O)O)C1CC1)C(=O)O. The van der Waals surface area contributed by atoms with Crippen LogP contribution in [0.15, 0.2) is 0 Å². The van der Waals surface area contributed by atoms with E-state index in [9.17, 15) is 38.8 Å². The van der Waals surface area contributed by atoms with Gasteiger partial charge in [-0.2, -0.15) is 0 Å². The van der Waals surface area contributed by atoms with E-state index in [1.165, 1.54) is 0 Å². The molecule has 1 aliphatic rings. The number of carboxylic acid groups (broad SMARTS) is 4. The molecule has 1 aliphatic carbocycles. The van der Waals surface area contributed by atoms with Gasteiger partial charge in [0.2, 0.25) is 5.91 Å². The minimum absolute atomic E-state index is 0.000352. The third-order valence-corrected chi connectivity index (χ3v) is 6.85. The number of nitrogens with one attached hydrogen (secondary N) is 2. The maximum Gasteiger partial charge on any atom is 0.328 e. The van der Waals surface area contributed by atoms with E-state index < -0.39 is 68.1 Å². The second kappa shape index (κ2) is 11.6. The van der Waals surface area contributed by atoms with Crippen molar-refractivity contribution in [1.82, 2.24) is 10.4 Å². The van der Waals surface area contributed by atoms with Crippen molar-refractivity contribution in [3.8, 4) is 0 Å². The van der Waals surface area contributed by atoms with Gasteiger partial charge in [-0.25, -0.2) is 9.88 Å². The van der Waals surface area contributed by atoms with Gasteiger partial charge in [0.05, 0.1) is 12.3 Å². The first kappa shape index (κ1) is 25.5. The molecule has 1 rings (SSSR count). The zero-order valence-corrected chi connectivity index (χ0v) is 16.9. The third kappa shape index (κ3) is 9.33. The zero-order valence-electron chi connectivity index (χ0n) is 16.0. The molecule has 1 saturated carbocycles. The largest absolute Gasteiger partial charge is 0.481 e. The first-order chi connectivity index (χ1) is 13.9. The summed E-state index contributed by atoms with van der Waals surface area (Å²) in [6.45, 7) is -0.716. The molecule has 3 atom stereocenters. The fraction of sp³-hybridized carbons (Fsp3) is 0.688. The van der Waals surface area contributed by atoms with Gasteiger partial charge in [-0.15, -0.1) is 0 Å². The maximum atomic E-state index is 13.1. The molecular formula is C16H25N2O11P. The minimum atomic E-state index is -3.84. The summed E-state index contributed by atoms with van der Waals surface area (Å²) in [4.78, 5) is 55.6. The van der Waals surface area contributed by atoms with E-state index in [0.717, 1.165) is 0 Å². The quantitative estimate of drug-likeness (QED) is 0.172. The van der Waals surface area contributed by atoms with Gasteiger partial charge in [0.15, 0.2) is 6.04 Å². The Kier molecular flexibility index (Phi) is 9.90. The van der Waals surface area contributed by atoms with Crippen LogP contribution in [0.4, 0.5) is 0 Å². The molecule has 0 radical (unpaired) electrons. The standard InChI is InChI=1S/C16H25N2O11P/c19-12(2-1-3-13(20)21)17-11(16(26)27)8-29-30(28,9-4-5-9)18-10(15(24)25)6-7-14(22)23/h9-11H,1-8H2,(H,17,19)(H,18,28)(H,20,21)(H,22,23)(H,24,25)(H,26,27)/t10-,11-,30?/m0/s1. The van der Waals surface area contributed by atoms with Crippen LogP contribution in [-0.4, -0.2) is 74.6 Å². The molecule has 1 fully saturated rings. The highest BCUT2D eigenvalue weighted by atomic mass is 31.2. The van der Waals surface area contributed by atoms with Gasteiger partial charge in [0.25, 0.3) is 7.52 Å². The van der Waals surface area contributed by atoms with Crippen LogP contribution in [0.2, 0.25) is 0 Å². The molecule has 0 heterocycles. The van der Waals surface area contributed by atoms with Crippen molar-refractivity contribution in [2.24, 2.45) is 0 Å². The molecule has 13 nitrogen and oxygen atoms in total. The maximum absolute atomic E-state index is 13.1. The van der Waals surface area contributed by atoms with Gasteiger partial charge in [0.1, 0.15) is 6.04 Å². The van der Waals surface area contributed by atoms with Crippen LogP contribution in [-0.2, 0) is 33.1 Å². The van der Waals surface area contributed by atoms with Crippen molar-refractivity contribution in [2.45, 2.75) is 62.7 Å². The van der Waals surface area contributed by atoms with Crippen LogP contribution >= 0.6 is 7.52 Å². The summed E-state index contributed by atoms with van der Waals surface area (Å²) in [5.41, 5.74) is -0.537. The molecule has 14 heteroatoms. The Bertz CT molecular complexity index is 722. The average Bonchev–Trinajstić information content (AvgIpc) is 3.46. The van der Waals surface area contributed by atoms with E-state index in [-0.39, 0.29) is 25.7 Å². The predicted molar refractivity (Wildman–Crippen MR) is 99.1 cm³/mol. The zero-order chi connectivity index (χ0) is 22.9. The highest BCUT2D eigenvalue weighted by Gasteiger charge is 2.45. The van der Waals surface area contributed by atoms with Crippen LogP contribution in [0.1, 0.15) is 44.9 Å². The van der Waals surface area contributed by atoms with E-state index in [2.05, 4.69) is 10.4 Å². The molecular weight excluding hydrogens is 427 g/mol. The number of aliphatic carboxylic acids is 4. The van der Waals surface area contributed by atoms with Crippen molar-refractivity contribution in [3.05, 3.63) is 0 Å². The van der Waals surface area contributed by atoms with Crippen LogP contribution in [0.25, 0.3) is 0 Å². The normalized spacial score (nSPS) is 17.3. The molecule has 0 aromatic carbocycles. The summed E-state index contributed by atoms with van der Waals surface area (Å²) in [7, 11) is -3.84. The predicted octanol–water partition coefficient (Wildman–Crippen LogP) is 0.0904. The van der Waals surface area contributed by atoms with E-state index in [4.69, 9.17) is 14.7 Å². The van der Waals surface area contributed by atoms with Crippen molar-refractivity contribution >= 4 is 37.3 Å². The second-order valence-corrected chi connectivity index (χ2v) is 9.22. The Morgan fingerprint density at radius 1 is 0.900 bits per heavy atom. The molecule has 0 aromatic heterocycles. The number of hydrogen-bond acceptors (Lipinski definition) is 7. The van der Waals surface area contributed by atoms with Crippen LogP contribution in [0.3, 0.4) is 0 Å². The molecule has 0 saturated heterocycles. The summed E-state index contributed by atoms with van der Waals surface area (Å²) in [5.74, 6) is -5.98. The molecule has 0 bridgehead atoms. The average molecular weight is 452 g/mol. The molecule has 0 aromatic rings. The first-order valence-electron chi connectivity index (χ1n) is 9.15. The Morgan fingerprint density at radius 2 is 1.47 bits per heavy atom. The van der Waals surface area contributed by atoms with Gasteiger partial charge >= 0.3 is 23.9 Å². The smallest absolute Gasteiger partial charge is 0.328 e. The number of carbonyl (C=O) groups excluding carboxylic acids is 1. The highest BCUT2D eigenvalue weighted by molar-refractivity contribution is 7.58. The molecule has 1 amide bonds. The lowest BCUT2D eigenvalue weighted by molar-refractivity contribution is -0.143. The number of rotatable bonds is 16. The monoisotopic (exact) mass is 452 g/mol. The number of carbonyl (C=O) groups is 5. The van der Waals surface area contributed by atoms with Crippen molar-refractivity contribution < 1.29 is 53.5 Å². The Labute approximate surface area is 171 Å². The summed E-state index contributed by atoms with van der Waals surface area (Å²) < 4.78 is 18.3. The van der Waals surface area contributed by atoms with Gasteiger partial charge in [-0.3, -0.25) is 23.7 Å². The van der Waals surface area contributed by atoms with Crippen molar-refractivity contribution in [2.75, 3.05) is 6.61 Å². The topological polar surface area (TPSA) is 217 Å². The summed E-state index contributed by atoms with van der Waals surface area (Å²) in [6, 6.07) is -3.06. The van der Waals surface area contributed by atoms with E-state index in [1.54, 1.807) is 0 Å². The van der Waals surface area contributed by atoms with Gasteiger partial charge < -0.3 is 30.3 Å². The molecule has 0 spiro atoms. The van der Waals surface area contributed by atoms with Crippen molar-refractivity contribution in [1.29, 1.82) is 0 Å². The second-order valence-electron chi connectivity index (χ2n) is 6.78. The summed E-state index contributed by atoms with van der Waals surface area (Å²) >= 11 is 0. The molecule has 1 unspecified atom stereocenters. The van der Waals surface area contributed by atoms with E-state index in [1.807, 2.05) is 0 Å². The van der Waals surface area contributed by atoms with E-state index in [0.29, 0.717) is 12.8 Å². The lowest BCUT2D eigenvalue weighted by Crippen LogP contribution is -2.44. The summed E-state index contributed by atoms with van der Waals surface area (Å²) in [5, 5.41) is 40.2. The van der Waals surface area contributed by atoms with Gasteiger partial charge in [0, 0.05) is 19.3 Å². The van der Waals surface area contributed by atoms with Gasteiger partial charge in [-0.05, 0) is 25.7 Å². The highest BCUT2D eigenvalue weighted by Crippen LogP contribution is 2.59. The van der Waals surface area contributed by atoms with Crippen LogP contribution in [0, 0.1) is 0 Å². The molecule has 170 valence electrons.